The van der Waals surface area contributed by atoms with E-state index in [0.717, 1.165) is 23.3 Å². The molecule has 26 heavy (non-hydrogen) atoms. The van der Waals surface area contributed by atoms with Crippen molar-refractivity contribution in [2.24, 2.45) is 5.16 Å². The minimum Gasteiger partial charge on any atom is -0.480 e. The summed E-state index contributed by atoms with van der Waals surface area (Å²) in [7, 11) is 0. The van der Waals surface area contributed by atoms with Gasteiger partial charge in [0.25, 0.3) is 0 Å². The Bertz CT molecular complexity index is 731. The predicted octanol–water partition coefficient (Wildman–Crippen LogP) is 3.17. The van der Waals surface area contributed by atoms with Gasteiger partial charge in [-0.3, -0.25) is 9.69 Å². The van der Waals surface area contributed by atoms with Crippen molar-refractivity contribution in [2.75, 3.05) is 19.7 Å². The first-order valence-corrected chi connectivity index (χ1v) is 8.70. The second-order valence-corrected chi connectivity index (χ2v) is 6.04. The van der Waals surface area contributed by atoms with Crippen LogP contribution in [0.4, 0.5) is 0 Å². The molecule has 1 aliphatic rings. The van der Waals surface area contributed by atoms with Crippen molar-refractivity contribution in [3.8, 4) is 0 Å². The van der Waals surface area contributed by atoms with Gasteiger partial charge in [0.15, 0.2) is 0 Å². The van der Waals surface area contributed by atoms with E-state index in [4.69, 9.17) is 4.84 Å². The van der Waals surface area contributed by atoms with E-state index < -0.39 is 12.0 Å². The maximum atomic E-state index is 11.3. The number of carboxylic acid groups (broad SMARTS) is 1. The molecule has 134 valence electrons. The average Bonchev–Trinajstić information content (AvgIpc) is 2.69. The number of rotatable bonds is 7. The molecule has 1 atom stereocenters. The number of hydrogen-bond acceptors (Lipinski definition) is 4. The van der Waals surface area contributed by atoms with Crippen LogP contribution >= 0.6 is 0 Å². The Morgan fingerprint density at radius 2 is 1.69 bits per heavy atom. The molecule has 1 N–H and O–H groups in total. The SMILES string of the molecule is O=C(O)C1C=CCCN1CCON=C(c1ccccc1)c1ccccc1. The minimum absolute atomic E-state index is 0.334. The highest BCUT2D eigenvalue weighted by Crippen LogP contribution is 2.12. The predicted molar refractivity (Wildman–Crippen MR) is 101 cm³/mol. The topological polar surface area (TPSA) is 62.1 Å². The van der Waals surface area contributed by atoms with Crippen LogP contribution in [0.25, 0.3) is 0 Å². The van der Waals surface area contributed by atoms with Crippen molar-refractivity contribution in [2.45, 2.75) is 12.5 Å². The quantitative estimate of drug-likeness (QED) is 0.361. The summed E-state index contributed by atoms with van der Waals surface area (Å²) in [6.45, 7) is 1.56. The molecule has 1 unspecified atom stereocenters. The molecule has 1 heterocycles. The third-order valence-corrected chi connectivity index (χ3v) is 4.27. The lowest BCUT2D eigenvalue weighted by atomic mass is 10.0. The summed E-state index contributed by atoms with van der Waals surface area (Å²) in [5, 5.41) is 13.6. The van der Waals surface area contributed by atoms with Gasteiger partial charge in [0.1, 0.15) is 18.4 Å². The molecule has 0 aliphatic carbocycles. The smallest absolute Gasteiger partial charge is 0.324 e. The largest absolute Gasteiger partial charge is 0.480 e. The Morgan fingerprint density at radius 3 is 2.27 bits per heavy atom. The van der Waals surface area contributed by atoms with Crippen LogP contribution in [0.3, 0.4) is 0 Å². The van der Waals surface area contributed by atoms with Crippen LogP contribution < -0.4 is 0 Å². The second kappa shape index (κ2) is 8.97. The monoisotopic (exact) mass is 350 g/mol. The zero-order chi connectivity index (χ0) is 18.2. The van der Waals surface area contributed by atoms with Gasteiger partial charge in [-0.1, -0.05) is 78.0 Å². The molecular weight excluding hydrogens is 328 g/mol. The molecule has 0 spiro atoms. The first-order chi connectivity index (χ1) is 12.8. The Hall–Kier alpha value is -2.92. The number of aliphatic carboxylic acids is 1. The molecule has 5 heteroatoms. The van der Waals surface area contributed by atoms with Crippen LogP contribution in [-0.4, -0.2) is 47.4 Å². The highest BCUT2D eigenvalue weighted by Gasteiger charge is 2.24. The van der Waals surface area contributed by atoms with Crippen LogP contribution in [0.15, 0.2) is 78.0 Å². The molecule has 0 radical (unpaired) electrons. The zero-order valence-electron chi connectivity index (χ0n) is 14.5. The van der Waals surface area contributed by atoms with E-state index in [1.165, 1.54) is 0 Å². The molecule has 0 amide bonds. The van der Waals surface area contributed by atoms with Crippen molar-refractivity contribution in [1.29, 1.82) is 0 Å². The number of carbonyl (C=O) groups is 1. The van der Waals surface area contributed by atoms with Gasteiger partial charge in [-0.25, -0.2) is 0 Å². The average molecular weight is 350 g/mol. The molecule has 0 aromatic heterocycles. The first kappa shape index (κ1) is 17.9. The Morgan fingerprint density at radius 1 is 1.08 bits per heavy atom. The first-order valence-electron chi connectivity index (χ1n) is 8.70. The third-order valence-electron chi connectivity index (χ3n) is 4.27. The highest BCUT2D eigenvalue weighted by atomic mass is 16.6. The molecule has 0 bridgehead atoms. The maximum Gasteiger partial charge on any atom is 0.324 e. The fourth-order valence-corrected chi connectivity index (χ4v) is 2.95. The number of benzene rings is 2. The van der Waals surface area contributed by atoms with E-state index in [9.17, 15) is 9.90 Å². The molecule has 2 aromatic carbocycles. The van der Waals surface area contributed by atoms with E-state index >= 15 is 0 Å². The summed E-state index contributed by atoms with van der Waals surface area (Å²) in [5.74, 6) is -0.835. The second-order valence-electron chi connectivity index (χ2n) is 6.04. The molecule has 1 aliphatic heterocycles. The highest BCUT2D eigenvalue weighted by molar-refractivity contribution is 6.12. The normalized spacial score (nSPS) is 16.8. The summed E-state index contributed by atoms with van der Waals surface area (Å²) in [6.07, 6.45) is 4.50. The van der Waals surface area contributed by atoms with E-state index in [1.807, 2.05) is 71.6 Å². The number of oxime groups is 1. The molecular formula is C21H22N2O3. The van der Waals surface area contributed by atoms with Gasteiger partial charge in [0.2, 0.25) is 0 Å². The summed E-state index contributed by atoms with van der Waals surface area (Å²) >= 11 is 0. The van der Waals surface area contributed by atoms with Gasteiger partial charge in [0, 0.05) is 24.2 Å². The lowest BCUT2D eigenvalue weighted by Crippen LogP contribution is -2.43. The number of nitrogens with zero attached hydrogens (tertiary/aromatic N) is 2. The third kappa shape index (κ3) is 4.58. The van der Waals surface area contributed by atoms with Crippen LogP contribution in [0, 0.1) is 0 Å². The Labute approximate surface area is 153 Å². The fraction of sp³-hybridized carbons (Fsp3) is 0.238. The Kier molecular flexibility index (Phi) is 6.17. The van der Waals surface area contributed by atoms with Crippen LogP contribution in [0.2, 0.25) is 0 Å². The zero-order valence-corrected chi connectivity index (χ0v) is 14.5. The standard InChI is InChI=1S/C21H22N2O3/c24-21(25)19-13-7-8-14-23(19)15-16-26-22-20(17-9-3-1-4-10-17)18-11-5-2-6-12-18/h1-7,9-13,19H,8,14-16H2,(H,24,25). The lowest BCUT2D eigenvalue weighted by Gasteiger charge is -2.28. The molecule has 2 aromatic rings. The summed E-state index contributed by atoms with van der Waals surface area (Å²) in [4.78, 5) is 18.8. The van der Waals surface area contributed by atoms with Crippen molar-refractivity contribution >= 4 is 11.7 Å². The van der Waals surface area contributed by atoms with Gasteiger partial charge in [0.05, 0.1) is 0 Å². The van der Waals surface area contributed by atoms with Crippen molar-refractivity contribution in [3.63, 3.8) is 0 Å². The summed E-state index contributed by atoms with van der Waals surface area (Å²) < 4.78 is 0. The van der Waals surface area contributed by atoms with Gasteiger partial charge in [-0.2, -0.15) is 0 Å². The summed E-state index contributed by atoms with van der Waals surface area (Å²) in [5.41, 5.74) is 2.71. The summed E-state index contributed by atoms with van der Waals surface area (Å²) in [6, 6.07) is 19.2. The van der Waals surface area contributed by atoms with Crippen molar-refractivity contribution in [3.05, 3.63) is 83.9 Å². The molecule has 5 nitrogen and oxygen atoms in total. The van der Waals surface area contributed by atoms with E-state index in [-0.39, 0.29) is 0 Å². The van der Waals surface area contributed by atoms with E-state index in [1.54, 1.807) is 6.08 Å². The van der Waals surface area contributed by atoms with Crippen LogP contribution in [0.1, 0.15) is 17.5 Å². The molecule has 0 saturated carbocycles. The van der Waals surface area contributed by atoms with E-state index in [0.29, 0.717) is 19.7 Å². The Balaban J connectivity index is 1.68. The molecule has 0 saturated heterocycles. The fourth-order valence-electron chi connectivity index (χ4n) is 2.95. The van der Waals surface area contributed by atoms with Crippen LogP contribution in [0.5, 0.6) is 0 Å². The van der Waals surface area contributed by atoms with Crippen molar-refractivity contribution in [1.82, 2.24) is 4.90 Å². The van der Waals surface area contributed by atoms with Gasteiger partial charge < -0.3 is 9.94 Å². The molecule has 0 fully saturated rings. The lowest BCUT2D eigenvalue weighted by molar-refractivity contribution is -0.141. The number of hydrogen-bond donors (Lipinski definition) is 1. The minimum atomic E-state index is -0.835. The maximum absolute atomic E-state index is 11.3. The van der Waals surface area contributed by atoms with E-state index in [2.05, 4.69) is 5.16 Å². The van der Waals surface area contributed by atoms with Crippen molar-refractivity contribution < 1.29 is 14.7 Å². The number of carboxylic acids is 1. The molecule has 3 rings (SSSR count). The van der Waals surface area contributed by atoms with Gasteiger partial charge in [-0.15, -0.1) is 0 Å². The van der Waals surface area contributed by atoms with Gasteiger partial charge >= 0.3 is 5.97 Å². The van der Waals surface area contributed by atoms with Crippen LogP contribution in [-0.2, 0) is 9.63 Å². The van der Waals surface area contributed by atoms with Gasteiger partial charge in [-0.05, 0) is 6.42 Å².